The van der Waals surface area contributed by atoms with Crippen molar-refractivity contribution < 1.29 is 39.8 Å². The molecular formula is C78H153NO8. The summed E-state index contributed by atoms with van der Waals surface area (Å²) in [5.41, 5.74) is 0. The number of ether oxygens (including phenoxy) is 2. The Kier molecular flexibility index (Phi) is 65.4. The molecular weight excluding hydrogens is 1080 g/mol. The van der Waals surface area contributed by atoms with Gasteiger partial charge in [-0.1, -0.05) is 411 Å². The van der Waals surface area contributed by atoms with Gasteiger partial charge in [-0.05, 0) is 19.3 Å². The Hall–Kier alpha value is -1.07. The molecule has 0 spiro atoms. The average molecular weight is 1230 g/mol. The zero-order chi connectivity index (χ0) is 62.8. The molecule has 518 valence electrons. The van der Waals surface area contributed by atoms with Gasteiger partial charge in [0, 0.05) is 6.42 Å². The number of aliphatic hydroxyl groups is 5. The van der Waals surface area contributed by atoms with Crippen molar-refractivity contribution in [3.05, 3.63) is 12.2 Å². The Morgan fingerprint density at radius 3 is 0.897 bits per heavy atom. The lowest BCUT2D eigenvalue weighted by molar-refractivity contribution is -0.302. The highest BCUT2D eigenvalue weighted by Crippen LogP contribution is 2.24. The van der Waals surface area contributed by atoms with Gasteiger partial charge in [0.05, 0.1) is 25.4 Å². The molecule has 0 aromatic carbocycles. The number of allylic oxidation sites excluding steroid dienone is 1. The highest BCUT2D eigenvalue weighted by atomic mass is 16.7. The van der Waals surface area contributed by atoms with E-state index in [1.165, 1.54) is 366 Å². The minimum Gasteiger partial charge on any atom is -0.394 e. The predicted molar refractivity (Wildman–Crippen MR) is 374 cm³/mol. The molecule has 7 unspecified atom stereocenters. The van der Waals surface area contributed by atoms with Crippen molar-refractivity contribution in [2.75, 3.05) is 13.2 Å². The lowest BCUT2D eigenvalue weighted by Gasteiger charge is -2.40. The lowest BCUT2D eigenvalue weighted by Crippen LogP contribution is -2.60. The zero-order valence-electron chi connectivity index (χ0n) is 58.3. The first-order valence-corrected chi connectivity index (χ1v) is 39.4. The van der Waals surface area contributed by atoms with E-state index >= 15 is 0 Å². The van der Waals surface area contributed by atoms with Crippen molar-refractivity contribution in [2.45, 2.75) is 468 Å². The second-order valence-corrected chi connectivity index (χ2v) is 27.9. The van der Waals surface area contributed by atoms with Crippen molar-refractivity contribution in [2.24, 2.45) is 0 Å². The maximum atomic E-state index is 13.2. The minimum atomic E-state index is -1.57. The number of rotatable bonds is 71. The van der Waals surface area contributed by atoms with Crippen LogP contribution in [0.15, 0.2) is 12.2 Å². The number of carbonyl (C=O) groups is 1. The molecule has 1 aliphatic heterocycles. The molecule has 0 aromatic heterocycles. The Labute approximate surface area is 541 Å². The van der Waals surface area contributed by atoms with E-state index in [1.807, 2.05) is 6.08 Å². The molecule has 6 N–H and O–H groups in total. The van der Waals surface area contributed by atoms with Gasteiger partial charge in [0.25, 0.3) is 0 Å². The number of unbranched alkanes of at least 4 members (excludes halogenated alkanes) is 61. The topological polar surface area (TPSA) is 149 Å². The van der Waals surface area contributed by atoms with Crippen molar-refractivity contribution in [3.63, 3.8) is 0 Å². The molecule has 87 heavy (non-hydrogen) atoms. The highest BCUT2D eigenvalue weighted by molar-refractivity contribution is 5.76. The quantitative estimate of drug-likeness (QED) is 0.0261. The van der Waals surface area contributed by atoms with Crippen LogP contribution in [0.25, 0.3) is 0 Å². The van der Waals surface area contributed by atoms with Gasteiger partial charge in [-0.25, -0.2) is 0 Å². The van der Waals surface area contributed by atoms with Crippen LogP contribution in [0.3, 0.4) is 0 Å². The summed E-state index contributed by atoms with van der Waals surface area (Å²) < 4.78 is 11.3. The summed E-state index contributed by atoms with van der Waals surface area (Å²) in [5, 5.41) is 54.9. The van der Waals surface area contributed by atoms with E-state index in [-0.39, 0.29) is 12.5 Å². The number of hydrogen-bond acceptors (Lipinski definition) is 8. The molecule has 0 saturated carbocycles. The van der Waals surface area contributed by atoms with E-state index in [4.69, 9.17) is 9.47 Å². The summed E-state index contributed by atoms with van der Waals surface area (Å²) in [7, 11) is 0. The van der Waals surface area contributed by atoms with E-state index in [0.29, 0.717) is 6.42 Å². The number of nitrogens with one attached hydrogen (secondary N) is 1. The van der Waals surface area contributed by atoms with Gasteiger partial charge in [0.2, 0.25) is 5.91 Å². The van der Waals surface area contributed by atoms with E-state index < -0.39 is 49.5 Å². The van der Waals surface area contributed by atoms with Crippen LogP contribution in [0.1, 0.15) is 425 Å². The average Bonchev–Trinajstić information content (AvgIpc) is 3.47. The van der Waals surface area contributed by atoms with Gasteiger partial charge in [-0.3, -0.25) is 4.79 Å². The molecule has 0 aromatic rings. The Bertz CT molecular complexity index is 1380. The van der Waals surface area contributed by atoms with Crippen molar-refractivity contribution in [1.29, 1.82) is 0 Å². The van der Waals surface area contributed by atoms with E-state index in [9.17, 15) is 30.3 Å². The summed E-state index contributed by atoms with van der Waals surface area (Å²) in [6.45, 7) is 3.86. The first-order chi connectivity index (χ1) is 42.8. The first-order valence-electron chi connectivity index (χ1n) is 39.4. The number of amides is 1. The summed E-state index contributed by atoms with van der Waals surface area (Å²) in [6, 6.07) is -0.803. The second kappa shape index (κ2) is 67.8. The molecule has 0 radical (unpaired) electrons. The first kappa shape index (κ1) is 83.9. The van der Waals surface area contributed by atoms with Crippen LogP contribution in [0, 0.1) is 0 Å². The van der Waals surface area contributed by atoms with Crippen molar-refractivity contribution in [3.8, 4) is 0 Å². The standard InChI is InChI=1S/C78H153NO8/c1-3-5-7-9-11-13-15-17-19-21-23-25-27-29-31-32-33-34-35-36-37-38-39-40-41-42-44-46-48-50-52-54-56-58-60-62-64-66-68-74(82)79-71(70-86-78-77(85)76(84)75(83)73(69-80)87-78)72(81)67-65-63-61-59-57-55-53-51-49-47-45-43-30-28-26-24-22-20-18-16-14-12-10-8-6-4-2/h65,67,71-73,75-78,80-81,83-85H,3-64,66,68-70H2,1-2H3,(H,79,82)/b67-65+. The van der Waals surface area contributed by atoms with Crippen LogP contribution in [0.2, 0.25) is 0 Å². The predicted octanol–water partition coefficient (Wildman–Crippen LogP) is 22.2. The molecule has 9 heteroatoms. The van der Waals surface area contributed by atoms with Crippen LogP contribution in [-0.2, 0) is 14.3 Å². The third kappa shape index (κ3) is 56.2. The summed E-state index contributed by atoms with van der Waals surface area (Å²) in [4.78, 5) is 13.2. The highest BCUT2D eigenvalue weighted by Gasteiger charge is 2.44. The minimum absolute atomic E-state index is 0.165. The van der Waals surface area contributed by atoms with Gasteiger partial charge in [-0.2, -0.15) is 0 Å². The third-order valence-corrected chi connectivity index (χ3v) is 19.4. The fourth-order valence-corrected chi connectivity index (χ4v) is 13.2. The number of hydrogen-bond donors (Lipinski definition) is 6. The molecule has 1 aliphatic rings. The molecule has 0 aliphatic carbocycles. The van der Waals surface area contributed by atoms with Gasteiger partial charge in [0.1, 0.15) is 24.4 Å². The monoisotopic (exact) mass is 1230 g/mol. The van der Waals surface area contributed by atoms with Gasteiger partial charge < -0.3 is 40.3 Å². The molecule has 7 atom stereocenters. The second-order valence-electron chi connectivity index (χ2n) is 27.9. The fourth-order valence-electron chi connectivity index (χ4n) is 13.2. The zero-order valence-corrected chi connectivity index (χ0v) is 58.3. The lowest BCUT2D eigenvalue weighted by atomic mass is 9.99. The van der Waals surface area contributed by atoms with Crippen LogP contribution in [0.5, 0.6) is 0 Å². The Morgan fingerprint density at radius 2 is 0.632 bits per heavy atom. The molecule has 1 heterocycles. The smallest absolute Gasteiger partial charge is 0.220 e. The van der Waals surface area contributed by atoms with Gasteiger partial charge in [-0.15, -0.1) is 0 Å². The van der Waals surface area contributed by atoms with Crippen molar-refractivity contribution >= 4 is 5.91 Å². The van der Waals surface area contributed by atoms with E-state index in [0.717, 1.165) is 38.5 Å². The summed E-state index contributed by atoms with van der Waals surface area (Å²) in [5.74, 6) is -0.165. The van der Waals surface area contributed by atoms with Gasteiger partial charge >= 0.3 is 0 Å². The Balaban J connectivity index is 2.04. The fraction of sp³-hybridized carbons (Fsp3) is 0.962. The largest absolute Gasteiger partial charge is 0.394 e. The molecule has 1 fully saturated rings. The van der Waals surface area contributed by atoms with E-state index in [2.05, 4.69) is 19.2 Å². The molecule has 1 saturated heterocycles. The van der Waals surface area contributed by atoms with E-state index in [1.54, 1.807) is 6.08 Å². The van der Waals surface area contributed by atoms with Crippen LogP contribution >= 0.6 is 0 Å². The molecule has 1 rings (SSSR count). The Morgan fingerprint density at radius 1 is 0.379 bits per heavy atom. The SMILES string of the molecule is CCCCCCCCCCCCCCCCCCCCCCCCCC/C=C/C(O)C(COC1OC(CO)C(O)C(O)C1O)NC(=O)CCCCCCCCCCCCCCCCCCCCCCCCCCCCCCCCCCCCCCCC. The summed E-state index contributed by atoms with van der Waals surface area (Å²) in [6.07, 6.45) is 82.2. The van der Waals surface area contributed by atoms with Crippen LogP contribution in [-0.4, -0.2) is 87.5 Å². The number of aliphatic hydroxyl groups excluding tert-OH is 5. The van der Waals surface area contributed by atoms with Crippen LogP contribution < -0.4 is 5.32 Å². The maximum Gasteiger partial charge on any atom is 0.220 e. The van der Waals surface area contributed by atoms with Crippen molar-refractivity contribution in [1.82, 2.24) is 5.32 Å². The van der Waals surface area contributed by atoms with Crippen LogP contribution in [0.4, 0.5) is 0 Å². The third-order valence-electron chi connectivity index (χ3n) is 19.4. The maximum absolute atomic E-state index is 13.2. The summed E-state index contributed by atoms with van der Waals surface area (Å²) >= 11 is 0. The molecule has 1 amide bonds. The van der Waals surface area contributed by atoms with Gasteiger partial charge in [0.15, 0.2) is 6.29 Å². The normalized spacial score (nSPS) is 17.9. The molecule has 0 bridgehead atoms. The number of carbonyl (C=O) groups excluding carboxylic acids is 1. The molecule has 9 nitrogen and oxygen atoms in total.